The summed E-state index contributed by atoms with van der Waals surface area (Å²) in [5, 5.41) is 8.14. The van der Waals surface area contributed by atoms with Crippen LogP contribution in [0.25, 0.3) is 0 Å². The van der Waals surface area contributed by atoms with E-state index in [0.29, 0.717) is 22.6 Å². The molecule has 158 valence electrons. The van der Waals surface area contributed by atoms with E-state index in [1.54, 1.807) is 54.6 Å². The Hall–Kier alpha value is -3.92. The van der Waals surface area contributed by atoms with Crippen LogP contribution in [0.3, 0.4) is 0 Å². The molecule has 1 aliphatic heterocycles. The third kappa shape index (κ3) is 4.64. The summed E-state index contributed by atoms with van der Waals surface area (Å²) >= 11 is 0. The normalized spacial score (nSPS) is 13.7. The summed E-state index contributed by atoms with van der Waals surface area (Å²) in [4.78, 5) is 24.2. The Morgan fingerprint density at radius 3 is 2.45 bits per heavy atom. The van der Waals surface area contributed by atoms with Crippen molar-refractivity contribution >= 4 is 33.4 Å². The van der Waals surface area contributed by atoms with Gasteiger partial charge in [0.1, 0.15) is 10.7 Å². The lowest BCUT2D eigenvalue weighted by molar-refractivity contribution is -0.120. The Morgan fingerprint density at radius 2 is 1.71 bits per heavy atom. The summed E-state index contributed by atoms with van der Waals surface area (Å²) in [5.74, 6) is 0.0825. The summed E-state index contributed by atoms with van der Waals surface area (Å²) in [6.45, 7) is 0.0653. The van der Waals surface area contributed by atoms with Crippen LogP contribution in [0.2, 0.25) is 0 Å². The van der Waals surface area contributed by atoms with E-state index in [9.17, 15) is 18.0 Å². The molecule has 0 unspecified atom stereocenters. The maximum absolute atomic E-state index is 12.3. The number of fused-ring (bicyclic) bond motifs is 1. The van der Waals surface area contributed by atoms with Gasteiger partial charge in [0.15, 0.2) is 5.84 Å². The second kappa shape index (κ2) is 8.44. The maximum atomic E-state index is 12.3. The number of amides is 2. The lowest BCUT2D eigenvalue weighted by Gasteiger charge is -2.08. The summed E-state index contributed by atoms with van der Waals surface area (Å²) in [6.07, 6.45) is 1.51. The van der Waals surface area contributed by atoms with Crippen molar-refractivity contribution in [1.29, 1.82) is 0 Å². The summed E-state index contributed by atoms with van der Waals surface area (Å²) < 4.78 is 33.1. The standard InChI is InChI=1S/C21H18N4O5S/c26-19(22-12-16-4-3-11-30-16)13-23-21(27)14-7-9-15(10-8-14)24-20-17-5-1-2-6-18(17)31(28,29)25-20/h1-11H,12-13H2,(H,22,26)(H,23,27)(H,24,25). The molecule has 0 spiro atoms. The van der Waals surface area contributed by atoms with Gasteiger partial charge in [-0.15, -0.1) is 4.40 Å². The Labute approximate surface area is 178 Å². The molecular formula is C21H18N4O5S. The molecule has 1 aromatic heterocycles. The highest BCUT2D eigenvalue weighted by molar-refractivity contribution is 7.90. The number of rotatable bonds is 6. The number of nitrogens with one attached hydrogen (secondary N) is 3. The van der Waals surface area contributed by atoms with Gasteiger partial charge in [0.05, 0.1) is 19.4 Å². The lowest BCUT2D eigenvalue weighted by atomic mass is 10.1. The topological polar surface area (TPSA) is 130 Å². The van der Waals surface area contributed by atoms with Crippen LogP contribution >= 0.6 is 0 Å². The fourth-order valence-corrected chi connectivity index (χ4v) is 4.14. The second-order valence-corrected chi connectivity index (χ2v) is 8.22. The minimum atomic E-state index is -3.71. The molecule has 0 aliphatic carbocycles. The highest BCUT2D eigenvalue weighted by Crippen LogP contribution is 2.26. The van der Waals surface area contributed by atoms with Crippen LogP contribution in [0.15, 0.2) is 80.6 Å². The molecule has 31 heavy (non-hydrogen) atoms. The van der Waals surface area contributed by atoms with Gasteiger partial charge in [-0.3, -0.25) is 9.59 Å². The highest BCUT2D eigenvalue weighted by Gasteiger charge is 2.28. The van der Waals surface area contributed by atoms with Crippen LogP contribution in [-0.2, 0) is 21.4 Å². The van der Waals surface area contributed by atoms with Crippen molar-refractivity contribution in [3.8, 4) is 0 Å². The smallest absolute Gasteiger partial charge is 0.285 e. The monoisotopic (exact) mass is 438 g/mol. The van der Waals surface area contributed by atoms with E-state index < -0.39 is 15.9 Å². The molecule has 0 saturated carbocycles. The number of hydrogen-bond donors (Lipinski definition) is 3. The first-order valence-electron chi connectivity index (χ1n) is 9.31. The Balaban J connectivity index is 1.33. The number of hydrogen-bond acceptors (Lipinski definition) is 6. The molecule has 9 nitrogen and oxygen atoms in total. The van der Waals surface area contributed by atoms with Gasteiger partial charge in [-0.1, -0.05) is 12.1 Å². The predicted octanol–water partition coefficient (Wildman–Crippen LogP) is 1.89. The van der Waals surface area contributed by atoms with Crippen molar-refractivity contribution in [2.75, 3.05) is 11.9 Å². The molecule has 0 fully saturated rings. The summed E-state index contributed by atoms with van der Waals surface area (Å²) in [7, 11) is -3.71. The third-order valence-corrected chi connectivity index (χ3v) is 5.83. The van der Waals surface area contributed by atoms with Gasteiger partial charge in [-0.25, -0.2) is 0 Å². The zero-order valence-corrected chi connectivity index (χ0v) is 17.0. The predicted molar refractivity (Wildman–Crippen MR) is 113 cm³/mol. The van der Waals surface area contributed by atoms with Gasteiger partial charge in [-0.2, -0.15) is 8.42 Å². The van der Waals surface area contributed by atoms with Crippen LogP contribution in [0.1, 0.15) is 21.7 Å². The van der Waals surface area contributed by atoms with Gasteiger partial charge in [0.25, 0.3) is 15.9 Å². The molecular weight excluding hydrogens is 420 g/mol. The van der Waals surface area contributed by atoms with E-state index >= 15 is 0 Å². The molecule has 2 aromatic carbocycles. The number of furan rings is 1. The average molecular weight is 438 g/mol. The van der Waals surface area contributed by atoms with E-state index in [4.69, 9.17) is 4.42 Å². The lowest BCUT2D eigenvalue weighted by Crippen LogP contribution is -2.36. The number of carbonyl (C=O) groups excluding carboxylic acids is 2. The minimum absolute atomic E-state index is 0.152. The zero-order valence-electron chi connectivity index (χ0n) is 16.2. The molecule has 1 aliphatic rings. The molecule has 3 aromatic rings. The molecule has 0 bridgehead atoms. The van der Waals surface area contributed by atoms with Crippen LogP contribution in [0, 0.1) is 0 Å². The van der Waals surface area contributed by atoms with Gasteiger partial charge in [-0.05, 0) is 48.5 Å². The first-order chi connectivity index (χ1) is 14.9. The average Bonchev–Trinajstić information content (AvgIpc) is 3.38. The molecule has 0 saturated heterocycles. The van der Waals surface area contributed by atoms with Crippen molar-refractivity contribution < 1.29 is 22.4 Å². The SMILES string of the molecule is O=C(CNC(=O)c1ccc(NC2=NS(=O)(=O)c3ccccc32)cc1)NCc1ccco1. The van der Waals surface area contributed by atoms with E-state index in [0.717, 1.165) is 0 Å². The van der Waals surface area contributed by atoms with E-state index in [-0.39, 0.29) is 29.7 Å². The first-order valence-corrected chi connectivity index (χ1v) is 10.8. The number of sulfonamides is 1. The van der Waals surface area contributed by atoms with E-state index in [2.05, 4.69) is 20.3 Å². The minimum Gasteiger partial charge on any atom is -0.467 e. The number of nitrogens with zero attached hydrogens (tertiary/aromatic N) is 1. The molecule has 3 N–H and O–H groups in total. The largest absolute Gasteiger partial charge is 0.467 e. The van der Waals surface area contributed by atoms with Crippen LogP contribution in [0.5, 0.6) is 0 Å². The Kier molecular flexibility index (Phi) is 5.54. The van der Waals surface area contributed by atoms with Crippen molar-refractivity contribution in [2.45, 2.75) is 11.4 Å². The van der Waals surface area contributed by atoms with Crippen molar-refractivity contribution in [3.05, 3.63) is 83.8 Å². The Morgan fingerprint density at radius 1 is 0.935 bits per heavy atom. The van der Waals surface area contributed by atoms with E-state index in [1.165, 1.54) is 12.3 Å². The van der Waals surface area contributed by atoms with Gasteiger partial charge in [0, 0.05) is 16.8 Å². The molecule has 10 heteroatoms. The summed E-state index contributed by atoms with van der Waals surface area (Å²) in [6, 6.07) is 16.4. The number of amidine groups is 1. The van der Waals surface area contributed by atoms with Crippen molar-refractivity contribution in [3.63, 3.8) is 0 Å². The molecule has 0 atom stereocenters. The van der Waals surface area contributed by atoms with Crippen LogP contribution in [-0.4, -0.2) is 32.6 Å². The zero-order chi connectivity index (χ0) is 21.8. The second-order valence-electron chi connectivity index (χ2n) is 6.65. The molecule has 2 amide bonds. The van der Waals surface area contributed by atoms with Gasteiger partial charge >= 0.3 is 0 Å². The van der Waals surface area contributed by atoms with Gasteiger partial charge < -0.3 is 20.4 Å². The van der Waals surface area contributed by atoms with Crippen molar-refractivity contribution in [2.24, 2.45) is 4.40 Å². The summed E-state index contributed by atoms with van der Waals surface area (Å²) in [5.41, 5.74) is 1.41. The Bertz CT molecular complexity index is 1250. The quantitative estimate of drug-likeness (QED) is 0.539. The molecule has 4 rings (SSSR count). The fraction of sp³-hybridized carbons (Fsp3) is 0.0952. The van der Waals surface area contributed by atoms with Gasteiger partial charge in [0.2, 0.25) is 5.91 Å². The van der Waals surface area contributed by atoms with Crippen LogP contribution in [0.4, 0.5) is 5.69 Å². The van der Waals surface area contributed by atoms with E-state index in [1.807, 2.05) is 0 Å². The van der Waals surface area contributed by atoms with Crippen molar-refractivity contribution in [1.82, 2.24) is 10.6 Å². The number of anilines is 1. The third-order valence-electron chi connectivity index (χ3n) is 4.49. The number of benzene rings is 2. The molecule has 0 radical (unpaired) electrons. The number of carbonyl (C=O) groups is 2. The maximum Gasteiger partial charge on any atom is 0.285 e. The molecule has 2 heterocycles. The van der Waals surface area contributed by atoms with Crippen LogP contribution < -0.4 is 16.0 Å². The fourth-order valence-electron chi connectivity index (χ4n) is 2.96. The highest BCUT2D eigenvalue weighted by atomic mass is 32.2. The first kappa shape index (κ1) is 20.4.